The lowest BCUT2D eigenvalue weighted by Crippen LogP contribution is -2.30. The number of anilines is 1. The van der Waals surface area contributed by atoms with Gasteiger partial charge in [-0.05, 0) is 48.5 Å². The minimum absolute atomic E-state index is 0.191. The van der Waals surface area contributed by atoms with Crippen molar-refractivity contribution in [3.05, 3.63) is 54.1 Å². The number of sulfonamides is 1. The lowest BCUT2D eigenvalue weighted by molar-refractivity contribution is -0.111. The Balaban J connectivity index is 2.11. The van der Waals surface area contributed by atoms with Crippen molar-refractivity contribution in [3.63, 3.8) is 0 Å². The van der Waals surface area contributed by atoms with Crippen molar-refractivity contribution in [2.24, 2.45) is 0 Å². The number of ether oxygens (including phenoxy) is 2. The number of nitrogens with one attached hydrogen (secondary N) is 1. The summed E-state index contributed by atoms with van der Waals surface area (Å²) in [5.74, 6) is 0.908. The van der Waals surface area contributed by atoms with E-state index in [0.717, 1.165) is 0 Å². The minimum atomic E-state index is -3.53. The Morgan fingerprint density at radius 2 is 1.69 bits per heavy atom. The van der Waals surface area contributed by atoms with Crippen LogP contribution in [-0.2, 0) is 14.8 Å². The van der Waals surface area contributed by atoms with Gasteiger partial charge in [-0.25, -0.2) is 8.42 Å². The molecule has 0 aliphatic carbocycles. The second kappa shape index (κ2) is 10.1. The summed E-state index contributed by atoms with van der Waals surface area (Å²) in [4.78, 5) is 12.4. The van der Waals surface area contributed by atoms with Gasteiger partial charge in [-0.1, -0.05) is 13.8 Å². The number of hydrogen-bond acceptors (Lipinski definition) is 5. The van der Waals surface area contributed by atoms with E-state index < -0.39 is 10.0 Å². The van der Waals surface area contributed by atoms with Gasteiger partial charge in [-0.15, -0.1) is 0 Å². The first-order chi connectivity index (χ1) is 13.8. The van der Waals surface area contributed by atoms with Gasteiger partial charge in [0, 0.05) is 30.4 Å². The third-order valence-corrected chi connectivity index (χ3v) is 6.38. The summed E-state index contributed by atoms with van der Waals surface area (Å²) in [5.41, 5.74) is 1.19. The highest BCUT2D eigenvalue weighted by Gasteiger charge is 2.21. The fourth-order valence-corrected chi connectivity index (χ4v) is 4.20. The summed E-state index contributed by atoms with van der Waals surface area (Å²) in [5, 5.41) is 2.71. The molecule has 0 saturated carbocycles. The van der Waals surface area contributed by atoms with Gasteiger partial charge < -0.3 is 14.8 Å². The van der Waals surface area contributed by atoms with Crippen LogP contribution in [0.5, 0.6) is 11.5 Å². The Labute approximate surface area is 172 Å². The third kappa shape index (κ3) is 5.58. The maximum absolute atomic E-state index is 12.5. The molecule has 0 saturated heterocycles. The smallest absolute Gasteiger partial charge is 0.248 e. The highest BCUT2D eigenvalue weighted by atomic mass is 32.2. The largest absolute Gasteiger partial charge is 0.497 e. The van der Waals surface area contributed by atoms with Gasteiger partial charge in [0.25, 0.3) is 0 Å². The van der Waals surface area contributed by atoms with Crippen molar-refractivity contribution in [2.75, 3.05) is 32.6 Å². The third-order valence-electron chi connectivity index (χ3n) is 4.32. The Bertz CT molecular complexity index is 965. The molecule has 0 aromatic heterocycles. The van der Waals surface area contributed by atoms with Crippen molar-refractivity contribution >= 4 is 27.7 Å². The highest BCUT2D eigenvalue weighted by molar-refractivity contribution is 7.89. The topological polar surface area (TPSA) is 84.9 Å². The van der Waals surface area contributed by atoms with Crippen LogP contribution in [0.3, 0.4) is 0 Å². The average Bonchev–Trinajstić information content (AvgIpc) is 2.73. The van der Waals surface area contributed by atoms with Crippen LogP contribution in [0.25, 0.3) is 6.08 Å². The first-order valence-corrected chi connectivity index (χ1v) is 10.6. The molecular weight excluding hydrogens is 392 g/mol. The van der Waals surface area contributed by atoms with Crippen molar-refractivity contribution in [1.82, 2.24) is 4.31 Å². The summed E-state index contributed by atoms with van der Waals surface area (Å²) in [6.07, 6.45) is 2.99. The van der Waals surface area contributed by atoms with Crippen LogP contribution in [0.2, 0.25) is 0 Å². The van der Waals surface area contributed by atoms with E-state index in [-0.39, 0.29) is 10.8 Å². The average molecular weight is 419 g/mol. The maximum atomic E-state index is 12.5. The molecule has 29 heavy (non-hydrogen) atoms. The number of nitrogens with zero attached hydrogens (tertiary/aromatic N) is 1. The van der Waals surface area contributed by atoms with Crippen molar-refractivity contribution in [1.29, 1.82) is 0 Å². The Morgan fingerprint density at radius 1 is 1.03 bits per heavy atom. The van der Waals surface area contributed by atoms with E-state index in [1.54, 1.807) is 64.5 Å². The van der Waals surface area contributed by atoms with Crippen molar-refractivity contribution in [2.45, 2.75) is 18.7 Å². The molecule has 0 spiro atoms. The number of hydrogen-bond donors (Lipinski definition) is 1. The molecule has 2 aromatic carbocycles. The van der Waals surface area contributed by atoms with Gasteiger partial charge in [0.05, 0.1) is 19.1 Å². The molecule has 2 rings (SSSR count). The number of rotatable bonds is 9. The van der Waals surface area contributed by atoms with Crippen LogP contribution in [0, 0.1) is 0 Å². The van der Waals surface area contributed by atoms with E-state index in [4.69, 9.17) is 9.47 Å². The SMILES string of the molecule is CCN(CC)S(=O)(=O)c1ccc(NC(=O)/C=C/c2cc(OC)ccc2OC)cc1. The van der Waals surface area contributed by atoms with E-state index in [0.29, 0.717) is 35.8 Å². The van der Waals surface area contributed by atoms with Crippen LogP contribution >= 0.6 is 0 Å². The lowest BCUT2D eigenvalue weighted by atomic mass is 10.1. The molecule has 0 heterocycles. The molecule has 2 aromatic rings. The zero-order valence-corrected chi connectivity index (χ0v) is 17.8. The first-order valence-electron chi connectivity index (χ1n) is 9.17. The summed E-state index contributed by atoms with van der Waals surface area (Å²) < 4.78 is 36.9. The molecule has 0 unspecified atom stereocenters. The molecule has 8 heteroatoms. The van der Waals surface area contributed by atoms with E-state index in [2.05, 4.69) is 5.32 Å². The second-order valence-corrected chi connectivity index (χ2v) is 7.98. The standard InChI is InChI=1S/C21H26N2O5S/c1-5-23(6-2)29(25,26)19-11-8-17(9-12-19)22-21(24)14-7-16-15-18(27-3)10-13-20(16)28-4/h7-15H,5-6H2,1-4H3,(H,22,24)/b14-7+. The van der Waals surface area contributed by atoms with Gasteiger partial charge in [0.15, 0.2) is 0 Å². The van der Waals surface area contributed by atoms with Gasteiger partial charge in [0.1, 0.15) is 11.5 Å². The fraction of sp³-hybridized carbons (Fsp3) is 0.286. The molecular formula is C21H26N2O5S. The lowest BCUT2D eigenvalue weighted by Gasteiger charge is -2.18. The van der Waals surface area contributed by atoms with E-state index in [9.17, 15) is 13.2 Å². The number of carbonyl (C=O) groups excluding carboxylic acids is 1. The Hall–Kier alpha value is -2.84. The molecule has 0 fully saturated rings. The van der Waals surface area contributed by atoms with E-state index in [1.807, 2.05) is 0 Å². The van der Waals surface area contributed by atoms with Gasteiger partial charge in [-0.3, -0.25) is 4.79 Å². The zero-order valence-electron chi connectivity index (χ0n) is 17.0. The summed E-state index contributed by atoms with van der Waals surface area (Å²) in [7, 11) is -0.416. The monoisotopic (exact) mass is 418 g/mol. The molecule has 7 nitrogen and oxygen atoms in total. The van der Waals surface area contributed by atoms with Gasteiger partial charge in [-0.2, -0.15) is 4.31 Å². The van der Waals surface area contributed by atoms with Crippen molar-refractivity contribution < 1.29 is 22.7 Å². The minimum Gasteiger partial charge on any atom is -0.497 e. The summed E-state index contributed by atoms with van der Waals surface area (Å²) >= 11 is 0. The second-order valence-electron chi connectivity index (χ2n) is 6.04. The molecule has 0 atom stereocenters. The molecule has 1 amide bonds. The highest BCUT2D eigenvalue weighted by Crippen LogP contribution is 2.25. The number of amides is 1. The van der Waals surface area contributed by atoms with Gasteiger partial charge in [0.2, 0.25) is 15.9 Å². The van der Waals surface area contributed by atoms with Crippen LogP contribution in [-0.4, -0.2) is 45.9 Å². The van der Waals surface area contributed by atoms with Crippen LogP contribution in [0.1, 0.15) is 19.4 Å². The number of carbonyl (C=O) groups is 1. The predicted octanol–water partition coefficient (Wildman–Crippen LogP) is 3.39. The summed E-state index contributed by atoms with van der Waals surface area (Å²) in [6, 6.07) is 11.4. The van der Waals surface area contributed by atoms with Crippen LogP contribution in [0.15, 0.2) is 53.4 Å². The Kier molecular flexibility index (Phi) is 7.81. The molecule has 156 valence electrons. The van der Waals surface area contributed by atoms with Crippen molar-refractivity contribution in [3.8, 4) is 11.5 Å². The normalized spacial score (nSPS) is 11.6. The molecule has 0 aliphatic rings. The molecule has 1 N–H and O–H groups in total. The predicted molar refractivity (Wildman–Crippen MR) is 114 cm³/mol. The number of methoxy groups -OCH3 is 2. The first kappa shape index (κ1) is 22.4. The van der Waals surface area contributed by atoms with Crippen LogP contribution < -0.4 is 14.8 Å². The maximum Gasteiger partial charge on any atom is 0.248 e. The Morgan fingerprint density at radius 3 is 2.24 bits per heavy atom. The quantitative estimate of drug-likeness (QED) is 0.631. The zero-order chi connectivity index (χ0) is 21.4. The molecule has 0 radical (unpaired) electrons. The molecule has 0 aliphatic heterocycles. The van der Waals surface area contributed by atoms with Crippen LogP contribution in [0.4, 0.5) is 5.69 Å². The fourth-order valence-electron chi connectivity index (χ4n) is 2.74. The van der Waals surface area contributed by atoms with E-state index >= 15 is 0 Å². The van der Waals surface area contributed by atoms with Gasteiger partial charge >= 0.3 is 0 Å². The number of benzene rings is 2. The summed E-state index contributed by atoms with van der Waals surface area (Å²) in [6.45, 7) is 4.38. The van der Waals surface area contributed by atoms with E-state index in [1.165, 1.54) is 22.5 Å². The molecule has 0 bridgehead atoms.